The lowest BCUT2D eigenvalue weighted by molar-refractivity contribution is 0.522. The van der Waals surface area contributed by atoms with E-state index in [2.05, 4.69) is 29.8 Å². The third kappa shape index (κ3) is 3.46. The average molecular weight is 294 g/mol. The van der Waals surface area contributed by atoms with Crippen molar-refractivity contribution < 1.29 is 4.39 Å². The van der Waals surface area contributed by atoms with Gasteiger partial charge in [0.1, 0.15) is 5.82 Å². The van der Waals surface area contributed by atoms with Crippen LogP contribution in [0.15, 0.2) is 18.2 Å². The molecule has 0 fully saturated rings. The molecule has 0 bridgehead atoms. The highest BCUT2D eigenvalue weighted by molar-refractivity contribution is 9.09. The maximum absolute atomic E-state index is 13.5. The minimum Gasteiger partial charge on any atom is -0.207 e. The minimum absolute atomic E-state index is 0.204. The Labute approximate surface area is 104 Å². The van der Waals surface area contributed by atoms with Crippen LogP contribution in [0.5, 0.6) is 0 Å². The zero-order chi connectivity index (χ0) is 11.4. The maximum atomic E-state index is 13.5. The van der Waals surface area contributed by atoms with Gasteiger partial charge in [0.2, 0.25) is 0 Å². The van der Waals surface area contributed by atoms with E-state index in [0.29, 0.717) is 27.8 Å². The van der Waals surface area contributed by atoms with Crippen LogP contribution < -0.4 is 0 Å². The number of hydrogen-bond donors (Lipinski definition) is 0. The molecule has 1 rings (SSSR count). The van der Waals surface area contributed by atoms with Gasteiger partial charge in [-0.25, -0.2) is 4.39 Å². The largest absolute Gasteiger partial charge is 0.207 e. The van der Waals surface area contributed by atoms with E-state index >= 15 is 0 Å². The molecule has 15 heavy (non-hydrogen) atoms. The van der Waals surface area contributed by atoms with Gasteiger partial charge in [-0.2, -0.15) is 0 Å². The molecule has 0 N–H and O–H groups in total. The summed E-state index contributed by atoms with van der Waals surface area (Å²) in [7, 11) is 0. The fourth-order valence-electron chi connectivity index (χ4n) is 1.58. The quantitative estimate of drug-likeness (QED) is 0.697. The molecular weight excluding hydrogens is 278 g/mol. The maximum Gasteiger partial charge on any atom is 0.127 e. The lowest BCUT2D eigenvalue weighted by atomic mass is 9.96. The fourth-order valence-corrected chi connectivity index (χ4v) is 2.01. The van der Waals surface area contributed by atoms with E-state index in [0.717, 1.165) is 6.42 Å². The van der Waals surface area contributed by atoms with Crippen LogP contribution in [0.25, 0.3) is 0 Å². The Morgan fingerprint density at radius 1 is 1.47 bits per heavy atom. The highest BCUT2D eigenvalue weighted by atomic mass is 79.9. The first-order chi connectivity index (χ1) is 7.06. The Bertz CT molecular complexity index is 307. The van der Waals surface area contributed by atoms with Gasteiger partial charge in [-0.1, -0.05) is 47.4 Å². The molecule has 84 valence electrons. The first-order valence-corrected chi connectivity index (χ1v) is 6.42. The van der Waals surface area contributed by atoms with Gasteiger partial charge in [-0.3, -0.25) is 0 Å². The lowest BCUT2D eigenvalue weighted by Crippen LogP contribution is -2.13. The average Bonchev–Trinajstić information content (AvgIpc) is 2.22. The molecule has 0 aliphatic rings. The second-order valence-corrected chi connectivity index (χ2v) is 5.39. The van der Waals surface area contributed by atoms with E-state index in [4.69, 9.17) is 11.6 Å². The van der Waals surface area contributed by atoms with Crippen molar-refractivity contribution in [2.24, 2.45) is 5.92 Å². The van der Waals surface area contributed by atoms with Crippen molar-refractivity contribution in [1.29, 1.82) is 0 Å². The Hall–Kier alpha value is -0.0800. The summed E-state index contributed by atoms with van der Waals surface area (Å²) in [5, 5.41) is 0.526. The van der Waals surface area contributed by atoms with Crippen molar-refractivity contribution in [2.75, 3.05) is 0 Å². The molecule has 0 aliphatic carbocycles. The number of rotatable bonds is 4. The van der Waals surface area contributed by atoms with Gasteiger partial charge in [0.25, 0.3) is 0 Å². The molecule has 0 heterocycles. The van der Waals surface area contributed by atoms with E-state index in [-0.39, 0.29) is 5.82 Å². The summed E-state index contributed by atoms with van der Waals surface area (Å²) >= 11 is 9.55. The molecule has 0 amide bonds. The van der Waals surface area contributed by atoms with Crippen LogP contribution in [0.4, 0.5) is 4.39 Å². The summed E-state index contributed by atoms with van der Waals surface area (Å²) in [5.74, 6) is 0.176. The smallest absolute Gasteiger partial charge is 0.127 e. The third-order valence-corrected chi connectivity index (χ3v) is 4.50. The standard InChI is InChI=1S/C12H15BrClF/c1-3-10(13)8(2)7-9-11(14)5-4-6-12(9)15/h4-6,8,10H,3,7H2,1-2H3. The van der Waals surface area contributed by atoms with Crippen molar-refractivity contribution in [3.05, 3.63) is 34.6 Å². The van der Waals surface area contributed by atoms with Crippen LogP contribution in [0.3, 0.4) is 0 Å². The third-order valence-electron chi connectivity index (χ3n) is 2.60. The van der Waals surface area contributed by atoms with Crippen molar-refractivity contribution in [3.63, 3.8) is 0 Å². The highest BCUT2D eigenvalue weighted by Crippen LogP contribution is 2.26. The second-order valence-electron chi connectivity index (χ2n) is 3.81. The summed E-state index contributed by atoms with van der Waals surface area (Å²) in [5.41, 5.74) is 0.629. The van der Waals surface area contributed by atoms with Crippen molar-refractivity contribution >= 4 is 27.5 Å². The first kappa shape index (κ1) is 13.0. The number of halogens is 3. The molecule has 0 spiro atoms. The number of hydrogen-bond acceptors (Lipinski definition) is 0. The Balaban J connectivity index is 2.80. The summed E-state index contributed by atoms with van der Waals surface area (Å²) in [6.07, 6.45) is 1.71. The van der Waals surface area contributed by atoms with Gasteiger partial charge in [-0.15, -0.1) is 0 Å². The zero-order valence-electron chi connectivity index (χ0n) is 8.93. The molecule has 0 saturated carbocycles. The predicted octanol–water partition coefficient (Wildman–Crippen LogP) is 4.83. The molecule has 2 atom stereocenters. The topological polar surface area (TPSA) is 0 Å². The Kier molecular flexibility index (Phi) is 5.07. The summed E-state index contributed by atoms with van der Waals surface area (Å²) < 4.78 is 13.5. The van der Waals surface area contributed by atoms with Crippen LogP contribution in [-0.2, 0) is 6.42 Å². The van der Waals surface area contributed by atoms with Crippen LogP contribution in [-0.4, -0.2) is 4.83 Å². The number of benzene rings is 1. The summed E-state index contributed by atoms with van der Waals surface area (Å²) in [6.45, 7) is 4.21. The van der Waals surface area contributed by atoms with Gasteiger partial charge in [0, 0.05) is 15.4 Å². The van der Waals surface area contributed by atoms with E-state index in [1.165, 1.54) is 6.07 Å². The summed E-state index contributed by atoms with van der Waals surface area (Å²) in [4.78, 5) is 0.410. The number of alkyl halides is 1. The van der Waals surface area contributed by atoms with Gasteiger partial charge in [-0.05, 0) is 30.9 Å². The van der Waals surface area contributed by atoms with Crippen molar-refractivity contribution in [2.45, 2.75) is 31.5 Å². The van der Waals surface area contributed by atoms with E-state index in [1.807, 2.05) is 0 Å². The van der Waals surface area contributed by atoms with E-state index in [9.17, 15) is 4.39 Å². The van der Waals surface area contributed by atoms with Gasteiger partial charge >= 0.3 is 0 Å². The van der Waals surface area contributed by atoms with Crippen molar-refractivity contribution in [3.8, 4) is 0 Å². The van der Waals surface area contributed by atoms with Crippen molar-refractivity contribution in [1.82, 2.24) is 0 Å². The molecule has 0 aromatic heterocycles. The van der Waals surface area contributed by atoms with Crippen LogP contribution in [0.2, 0.25) is 5.02 Å². The normalized spacial score (nSPS) is 15.0. The molecule has 3 heteroatoms. The van der Waals surface area contributed by atoms with Gasteiger partial charge < -0.3 is 0 Å². The van der Waals surface area contributed by atoms with Gasteiger partial charge in [0.05, 0.1) is 0 Å². The zero-order valence-corrected chi connectivity index (χ0v) is 11.3. The predicted molar refractivity (Wildman–Crippen MR) is 67.3 cm³/mol. The molecule has 0 radical (unpaired) electrons. The molecule has 0 nitrogen and oxygen atoms in total. The second kappa shape index (κ2) is 5.86. The molecule has 0 saturated heterocycles. The Morgan fingerprint density at radius 3 is 2.67 bits per heavy atom. The highest BCUT2D eigenvalue weighted by Gasteiger charge is 2.16. The van der Waals surface area contributed by atoms with Crippen LogP contribution >= 0.6 is 27.5 Å². The molecule has 2 unspecified atom stereocenters. The first-order valence-electron chi connectivity index (χ1n) is 5.13. The fraction of sp³-hybridized carbons (Fsp3) is 0.500. The SMILES string of the molecule is CCC(Br)C(C)Cc1c(F)cccc1Cl. The minimum atomic E-state index is -0.204. The van der Waals surface area contributed by atoms with E-state index < -0.39 is 0 Å². The van der Waals surface area contributed by atoms with Crippen LogP contribution in [0, 0.1) is 11.7 Å². The van der Waals surface area contributed by atoms with Crippen LogP contribution in [0.1, 0.15) is 25.8 Å². The monoisotopic (exact) mass is 292 g/mol. The van der Waals surface area contributed by atoms with E-state index in [1.54, 1.807) is 12.1 Å². The molecular formula is C12H15BrClF. The molecule has 1 aromatic carbocycles. The summed E-state index contributed by atoms with van der Waals surface area (Å²) in [6, 6.07) is 4.84. The van der Waals surface area contributed by atoms with Gasteiger partial charge in [0.15, 0.2) is 0 Å². The Morgan fingerprint density at radius 2 is 2.13 bits per heavy atom. The molecule has 0 aliphatic heterocycles. The lowest BCUT2D eigenvalue weighted by Gasteiger charge is -2.17. The molecule has 1 aromatic rings.